The molecule has 2 aromatic rings. The first-order valence-electron chi connectivity index (χ1n) is 6.40. The van der Waals surface area contributed by atoms with Crippen LogP contribution < -0.4 is 11.1 Å². The number of nitrogens with zero attached hydrogens (tertiary/aromatic N) is 2. The third kappa shape index (κ3) is 3.02. The molecule has 3 N–H and O–H groups in total. The molecular weight excluding hydrogens is 272 g/mol. The van der Waals surface area contributed by atoms with Gasteiger partial charge in [0.15, 0.2) is 0 Å². The average Bonchev–Trinajstić information content (AvgIpc) is 2.97. The van der Waals surface area contributed by atoms with Crippen molar-refractivity contribution < 1.29 is 14.3 Å². The standard InChI is InChI=1S/C14H16N4O3/c1-3-21-14(20)10-7-17-18(8-10)12-6-9(13(19)16-2)4-5-11(12)15/h4-8H,3,15H2,1-2H3,(H,16,19). The normalized spacial score (nSPS) is 10.2. The van der Waals surface area contributed by atoms with E-state index in [1.807, 2.05) is 0 Å². The van der Waals surface area contributed by atoms with Gasteiger partial charge in [0.1, 0.15) is 0 Å². The molecule has 0 aliphatic heterocycles. The molecule has 0 unspecified atom stereocenters. The van der Waals surface area contributed by atoms with Gasteiger partial charge in [0.05, 0.1) is 29.7 Å². The van der Waals surface area contributed by atoms with Gasteiger partial charge in [-0.2, -0.15) is 5.10 Å². The van der Waals surface area contributed by atoms with E-state index < -0.39 is 5.97 Å². The lowest BCUT2D eigenvalue weighted by molar-refractivity contribution is 0.0526. The Morgan fingerprint density at radius 2 is 2.14 bits per heavy atom. The van der Waals surface area contributed by atoms with Crippen molar-refractivity contribution in [1.29, 1.82) is 0 Å². The Hall–Kier alpha value is -2.83. The van der Waals surface area contributed by atoms with Gasteiger partial charge in [-0.05, 0) is 25.1 Å². The lowest BCUT2D eigenvalue weighted by Gasteiger charge is -2.08. The Morgan fingerprint density at radius 1 is 1.38 bits per heavy atom. The number of aromatic nitrogens is 2. The van der Waals surface area contributed by atoms with Gasteiger partial charge in [-0.25, -0.2) is 9.48 Å². The highest BCUT2D eigenvalue weighted by Crippen LogP contribution is 2.19. The van der Waals surface area contributed by atoms with E-state index in [9.17, 15) is 9.59 Å². The molecule has 1 aromatic carbocycles. The zero-order valence-electron chi connectivity index (χ0n) is 11.8. The van der Waals surface area contributed by atoms with Crippen LogP contribution in [0.15, 0.2) is 30.6 Å². The number of hydrogen-bond donors (Lipinski definition) is 2. The third-order valence-corrected chi connectivity index (χ3v) is 2.86. The van der Waals surface area contributed by atoms with Gasteiger partial charge >= 0.3 is 5.97 Å². The van der Waals surface area contributed by atoms with E-state index in [0.717, 1.165) is 0 Å². The SMILES string of the molecule is CCOC(=O)c1cnn(-c2cc(C(=O)NC)ccc2N)c1. The molecule has 7 heteroatoms. The van der Waals surface area contributed by atoms with E-state index in [1.54, 1.807) is 32.2 Å². The van der Waals surface area contributed by atoms with E-state index in [0.29, 0.717) is 22.5 Å². The molecule has 21 heavy (non-hydrogen) atoms. The number of carbonyl (C=O) groups excluding carboxylic acids is 2. The molecule has 2 rings (SSSR count). The van der Waals surface area contributed by atoms with Crippen molar-refractivity contribution in [3.63, 3.8) is 0 Å². The van der Waals surface area contributed by atoms with Crippen LogP contribution >= 0.6 is 0 Å². The Bertz CT molecular complexity index is 679. The fraction of sp³-hybridized carbons (Fsp3) is 0.214. The van der Waals surface area contributed by atoms with Crippen LogP contribution in [0.1, 0.15) is 27.6 Å². The van der Waals surface area contributed by atoms with Crippen LogP contribution in [0, 0.1) is 0 Å². The van der Waals surface area contributed by atoms with E-state index in [2.05, 4.69) is 10.4 Å². The van der Waals surface area contributed by atoms with Crippen LogP contribution in [-0.4, -0.2) is 35.3 Å². The summed E-state index contributed by atoms with van der Waals surface area (Å²) in [5, 5.41) is 6.62. The second kappa shape index (κ2) is 6.08. The number of anilines is 1. The highest BCUT2D eigenvalue weighted by molar-refractivity contribution is 5.95. The van der Waals surface area contributed by atoms with Crippen molar-refractivity contribution in [3.05, 3.63) is 41.7 Å². The summed E-state index contributed by atoms with van der Waals surface area (Å²) in [5.74, 6) is -0.682. The first kappa shape index (κ1) is 14.6. The third-order valence-electron chi connectivity index (χ3n) is 2.86. The second-order valence-corrected chi connectivity index (χ2v) is 4.25. The number of rotatable bonds is 4. The molecule has 0 saturated carbocycles. The van der Waals surface area contributed by atoms with Gasteiger partial charge in [0.25, 0.3) is 5.91 Å². The number of benzene rings is 1. The number of ether oxygens (including phenoxy) is 1. The molecule has 7 nitrogen and oxygen atoms in total. The summed E-state index contributed by atoms with van der Waals surface area (Å²) in [6, 6.07) is 4.84. The summed E-state index contributed by atoms with van der Waals surface area (Å²) < 4.78 is 6.34. The highest BCUT2D eigenvalue weighted by Gasteiger charge is 2.13. The number of esters is 1. The Kier molecular flexibility index (Phi) is 4.22. The highest BCUT2D eigenvalue weighted by atomic mass is 16.5. The molecule has 0 aliphatic rings. The minimum absolute atomic E-state index is 0.228. The van der Waals surface area contributed by atoms with Crippen LogP contribution in [-0.2, 0) is 4.74 Å². The smallest absolute Gasteiger partial charge is 0.341 e. The van der Waals surface area contributed by atoms with Crippen molar-refractivity contribution in [2.75, 3.05) is 19.4 Å². The van der Waals surface area contributed by atoms with Crippen LogP contribution in [0.25, 0.3) is 5.69 Å². The number of nitrogens with one attached hydrogen (secondary N) is 1. The molecule has 1 amide bonds. The largest absolute Gasteiger partial charge is 0.462 e. The summed E-state index contributed by atoms with van der Waals surface area (Å²) in [5.41, 5.74) is 7.64. The quantitative estimate of drug-likeness (QED) is 0.645. The van der Waals surface area contributed by atoms with Gasteiger partial charge in [0, 0.05) is 18.8 Å². The van der Waals surface area contributed by atoms with Crippen LogP contribution in [0.4, 0.5) is 5.69 Å². The van der Waals surface area contributed by atoms with Crippen molar-refractivity contribution in [2.24, 2.45) is 0 Å². The van der Waals surface area contributed by atoms with Crippen molar-refractivity contribution in [1.82, 2.24) is 15.1 Å². The Labute approximate surface area is 121 Å². The zero-order chi connectivity index (χ0) is 15.4. The molecule has 0 radical (unpaired) electrons. The molecule has 1 heterocycles. The molecule has 110 valence electrons. The summed E-state index contributed by atoms with van der Waals surface area (Å²) in [7, 11) is 1.55. The van der Waals surface area contributed by atoms with E-state index in [-0.39, 0.29) is 12.5 Å². The lowest BCUT2D eigenvalue weighted by atomic mass is 10.1. The van der Waals surface area contributed by atoms with Gasteiger partial charge in [-0.3, -0.25) is 4.79 Å². The topological polar surface area (TPSA) is 99.2 Å². The minimum Gasteiger partial charge on any atom is -0.462 e. The predicted molar refractivity (Wildman–Crippen MR) is 77.3 cm³/mol. The maximum atomic E-state index is 11.7. The molecule has 1 aromatic heterocycles. The fourth-order valence-corrected chi connectivity index (χ4v) is 1.80. The van der Waals surface area contributed by atoms with Gasteiger partial charge in [-0.1, -0.05) is 0 Å². The van der Waals surface area contributed by atoms with Crippen LogP contribution in [0.5, 0.6) is 0 Å². The van der Waals surface area contributed by atoms with Crippen LogP contribution in [0.3, 0.4) is 0 Å². The van der Waals surface area contributed by atoms with E-state index in [1.165, 1.54) is 17.1 Å². The number of hydrogen-bond acceptors (Lipinski definition) is 5. The molecule has 0 fully saturated rings. The lowest BCUT2D eigenvalue weighted by Crippen LogP contribution is -2.18. The summed E-state index contributed by atoms with van der Waals surface area (Å²) >= 11 is 0. The van der Waals surface area contributed by atoms with E-state index >= 15 is 0 Å². The van der Waals surface area contributed by atoms with E-state index in [4.69, 9.17) is 10.5 Å². The molecule has 0 atom stereocenters. The minimum atomic E-state index is -0.454. The number of nitrogens with two attached hydrogens (primary N) is 1. The summed E-state index contributed by atoms with van der Waals surface area (Å²) in [6.45, 7) is 2.02. The molecule has 0 spiro atoms. The summed E-state index contributed by atoms with van der Waals surface area (Å²) in [6.07, 6.45) is 2.90. The monoisotopic (exact) mass is 288 g/mol. The van der Waals surface area contributed by atoms with Crippen molar-refractivity contribution in [2.45, 2.75) is 6.92 Å². The predicted octanol–water partition coefficient (Wildman–Crippen LogP) is 0.991. The summed E-state index contributed by atoms with van der Waals surface area (Å²) in [4.78, 5) is 23.3. The Morgan fingerprint density at radius 3 is 2.81 bits per heavy atom. The Balaban J connectivity index is 2.37. The zero-order valence-corrected chi connectivity index (χ0v) is 11.8. The maximum Gasteiger partial charge on any atom is 0.341 e. The first-order valence-corrected chi connectivity index (χ1v) is 6.40. The maximum absolute atomic E-state index is 11.7. The molecule has 0 aliphatic carbocycles. The van der Waals surface area contributed by atoms with Gasteiger partial charge in [0.2, 0.25) is 0 Å². The van der Waals surface area contributed by atoms with Crippen molar-refractivity contribution >= 4 is 17.6 Å². The number of carbonyl (C=O) groups is 2. The van der Waals surface area contributed by atoms with Crippen LogP contribution in [0.2, 0.25) is 0 Å². The molecular formula is C14H16N4O3. The fourth-order valence-electron chi connectivity index (χ4n) is 1.80. The number of nitrogen functional groups attached to an aromatic ring is 1. The van der Waals surface area contributed by atoms with Gasteiger partial charge < -0.3 is 15.8 Å². The van der Waals surface area contributed by atoms with Crippen molar-refractivity contribution in [3.8, 4) is 5.69 Å². The average molecular weight is 288 g/mol. The second-order valence-electron chi connectivity index (χ2n) is 4.25. The first-order chi connectivity index (χ1) is 10.1. The molecule has 0 saturated heterocycles. The molecule has 0 bridgehead atoms. The number of amides is 1. The van der Waals surface area contributed by atoms with Gasteiger partial charge in [-0.15, -0.1) is 0 Å².